The molecule has 15 heavy (non-hydrogen) atoms. The molecule has 2 N–H and O–H groups in total. The van der Waals surface area contributed by atoms with E-state index in [4.69, 9.17) is 5.73 Å². The fraction of sp³-hybridized carbons (Fsp3) is 0.500. The number of rotatable bonds is 3. The first-order chi connectivity index (χ1) is 6.84. The van der Waals surface area contributed by atoms with Crippen molar-refractivity contribution >= 4 is 18.1 Å². The van der Waals surface area contributed by atoms with Crippen LogP contribution in [0.4, 0.5) is 5.69 Å². The third kappa shape index (κ3) is 3.73. The van der Waals surface area contributed by atoms with Crippen LogP contribution < -0.4 is 5.73 Å². The lowest BCUT2D eigenvalue weighted by molar-refractivity contribution is 0.343. The van der Waals surface area contributed by atoms with Gasteiger partial charge in [-0.15, -0.1) is 12.4 Å². The second-order valence-electron chi connectivity index (χ2n) is 4.04. The van der Waals surface area contributed by atoms with Crippen LogP contribution in [0.2, 0.25) is 0 Å². The van der Waals surface area contributed by atoms with Gasteiger partial charge in [-0.25, -0.2) is 0 Å². The third-order valence-corrected chi connectivity index (χ3v) is 2.90. The maximum absolute atomic E-state index is 5.63. The van der Waals surface area contributed by atoms with E-state index >= 15 is 0 Å². The summed E-state index contributed by atoms with van der Waals surface area (Å²) < 4.78 is 0. The second-order valence-corrected chi connectivity index (χ2v) is 4.04. The van der Waals surface area contributed by atoms with Crippen LogP contribution in [-0.4, -0.2) is 24.5 Å². The average Bonchev–Trinajstić information content (AvgIpc) is 2.70. The predicted octanol–water partition coefficient (Wildman–Crippen LogP) is 2.33. The van der Waals surface area contributed by atoms with E-state index in [9.17, 15) is 0 Å². The lowest BCUT2D eigenvalue weighted by atomic mass is 10.1. The summed E-state index contributed by atoms with van der Waals surface area (Å²) in [5.41, 5.74) is 7.89. The molecule has 0 aromatic heterocycles. The molecule has 1 fully saturated rings. The van der Waals surface area contributed by atoms with E-state index in [1.807, 2.05) is 12.1 Å². The highest BCUT2D eigenvalue weighted by molar-refractivity contribution is 5.85. The number of nitrogens with two attached hydrogens (primary N) is 1. The zero-order chi connectivity index (χ0) is 9.80. The van der Waals surface area contributed by atoms with E-state index in [1.54, 1.807) is 0 Å². The lowest BCUT2D eigenvalue weighted by Gasteiger charge is -2.13. The van der Waals surface area contributed by atoms with Gasteiger partial charge >= 0.3 is 0 Å². The van der Waals surface area contributed by atoms with Crippen LogP contribution in [0.15, 0.2) is 24.3 Å². The zero-order valence-electron chi connectivity index (χ0n) is 8.98. The normalized spacial score (nSPS) is 16.3. The van der Waals surface area contributed by atoms with Gasteiger partial charge in [-0.2, -0.15) is 0 Å². The molecule has 1 saturated heterocycles. The molecule has 1 aromatic carbocycles. The van der Waals surface area contributed by atoms with Gasteiger partial charge in [-0.05, 0) is 50.0 Å². The van der Waals surface area contributed by atoms with Crippen LogP contribution in [0.1, 0.15) is 18.4 Å². The topological polar surface area (TPSA) is 29.3 Å². The summed E-state index contributed by atoms with van der Waals surface area (Å²) >= 11 is 0. The number of halogens is 1. The summed E-state index contributed by atoms with van der Waals surface area (Å²) in [4.78, 5) is 2.54. The minimum atomic E-state index is 0. The summed E-state index contributed by atoms with van der Waals surface area (Å²) in [7, 11) is 0. The van der Waals surface area contributed by atoms with Crippen LogP contribution in [0.25, 0.3) is 0 Å². The van der Waals surface area contributed by atoms with Crippen LogP contribution in [0.5, 0.6) is 0 Å². The Kier molecular flexibility index (Phi) is 4.92. The minimum Gasteiger partial charge on any atom is -0.399 e. The molecule has 3 heteroatoms. The molecule has 1 aliphatic heterocycles. The molecule has 0 saturated carbocycles. The van der Waals surface area contributed by atoms with Crippen molar-refractivity contribution in [1.29, 1.82) is 0 Å². The van der Waals surface area contributed by atoms with Crippen LogP contribution >= 0.6 is 12.4 Å². The molecular formula is C12H19ClN2. The first kappa shape index (κ1) is 12.3. The Labute approximate surface area is 97.9 Å². The Hall–Kier alpha value is -0.730. The smallest absolute Gasteiger partial charge is 0.0314 e. The van der Waals surface area contributed by atoms with Crippen LogP contribution in [-0.2, 0) is 6.42 Å². The molecule has 1 heterocycles. The summed E-state index contributed by atoms with van der Waals surface area (Å²) in [5, 5.41) is 0. The predicted molar refractivity (Wildman–Crippen MR) is 67.5 cm³/mol. The van der Waals surface area contributed by atoms with Crippen molar-refractivity contribution in [1.82, 2.24) is 4.90 Å². The van der Waals surface area contributed by atoms with Gasteiger partial charge in [0.25, 0.3) is 0 Å². The average molecular weight is 227 g/mol. The van der Waals surface area contributed by atoms with Crippen LogP contribution in [0.3, 0.4) is 0 Å². The molecule has 84 valence electrons. The van der Waals surface area contributed by atoms with Gasteiger partial charge in [0.05, 0.1) is 0 Å². The largest absolute Gasteiger partial charge is 0.399 e. The highest BCUT2D eigenvalue weighted by Crippen LogP contribution is 2.10. The summed E-state index contributed by atoms with van der Waals surface area (Å²) in [6.07, 6.45) is 3.91. The number of nitrogen functional groups attached to an aromatic ring is 1. The Bertz CT molecular complexity index is 278. The fourth-order valence-electron chi connectivity index (χ4n) is 1.98. The molecule has 0 amide bonds. The summed E-state index contributed by atoms with van der Waals surface area (Å²) in [6, 6.07) is 8.23. The molecule has 0 radical (unpaired) electrons. The van der Waals surface area contributed by atoms with Gasteiger partial charge < -0.3 is 10.6 Å². The van der Waals surface area contributed by atoms with Gasteiger partial charge in [0.2, 0.25) is 0 Å². The molecule has 1 aromatic rings. The number of hydrogen-bond donors (Lipinski definition) is 1. The maximum Gasteiger partial charge on any atom is 0.0314 e. The molecule has 0 aliphatic carbocycles. The second kappa shape index (κ2) is 5.99. The number of hydrogen-bond acceptors (Lipinski definition) is 2. The van der Waals surface area contributed by atoms with Gasteiger partial charge in [0, 0.05) is 12.2 Å². The van der Waals surface area contributed by atoms with Gasteiger partial charge in [-0.3, -0.25) is 0 Å². The number of nitrogens with zero attached hydrogens (tertiary/aromatic N) is 1. The summed E-state index contributed by atoms with van der Waals surface area (Å²) in [5.74, 6) is 0. The van der Waals surface area contributed by atoms with Crippen molar-refractivity contribution < 1.29 is 0 Å². The molecule has 2 nitrogen and oxygen atoms in total. The number of likely N-dealkylation sites (tertiary alicyclic amines) is 1. The van der Waals surface area contributed by atoms with Crippen molar-refractivity contribution in [2.75, 3.05) is 25.4 Å². The Morgan fingerprint density at radius 3 is 2.27 bits per heavy atom. The van der Waals surface area contributed by atoms with E-state index < -0.39 is 0 Å². The Morgan fingerprint density at radius 1 is 1.07 bits per heavy atom. The quantitative estimate of drug-likeness (QED) is 0.802. The standard InChI is InChI=1S/C12H18N2.ClH/c13-12-5-3-11(4-6-12)7-10-14-8-1-2-9-14;/h3-6H,1-2,7-10,13H2;1H. The van der Waals surface area contributed by atoms with E-state index in [2.05, 4.69) is 17.0 Å². The first-order valence-electron chi connectivity index (χ1n) is 5.41. The lowest BCUT2D eigenvalue weighted by Crippen LogP contribution is -2.21. The van der Waals surface area contributed by atoms with E-state index in [0.717, 1.165) is 12.1 Å². The molecule has 0 atom stereocenters. The highest BCUT2D eigenvalue weighted by Gasteiger charge is 2.10. The Morgan fingerprint density at radius 2 is 1.67 bits per heavy atom. The fourth-order valence-corrected chi connectivity index (χ4v) is 1.98. The van der Waals surface area contributed by atoms with Crippen LogP contribution in [0, 0.1) is 0 Å². The molecular weight excluding hydrogens is 208 g/mol. The maximum atomic E-state index is 5.63. The van der Waals surface area contributed by atoms with Crippen molar-refractivity contribution in [3.05, 3.63) is 29.8 Å². The van der Waals surface area contributed by atoms with Gasteiger partial charge in [0.1, 0.15) is 0 Å². The minimum absolute atomic E-state index is 0. The van der Waals surface area contributed by atoms with Crippen molar-refractivity contribution in [3.63, 3.8) is 0 Å². The van der Waals surface area contributed by atoms with Gasteiger partial charge in [-0.1, -0.05) is 12.1 Å². The molecule has 1 aliphatic rings. The molecule has 0 spiro atoms. The van der Waals surface area contributed by atoms with E-state index in [-0.39, 0.29) is 12.4 Å². The van der Waals surface area contributed by atoms with Crippen molar-refractivity contribution in [2.45, 2.75) is 19.3 Å². The van der Waals surface area contributed by atoms with E-state index in [0.29, 0.717) is 0 Å². The zero-order valence-corrected chi connectivity index (χ0v) is 9.80. The number of anilines is 1. The van der Waals surface area contributed by atoms with E-state index in [1.165, 1.54) is 38.0 Å². The highest BCUT2D eigenvalue weighted by atomic mass is 35.5. The first-order valence-corrected chi connectivity index (χ1v) is 5.41. The third-order valence-electron chi connectivity index (χ3n) is 2.90. The Balaban J connectivity index is 0.00000112. The molecule has 2 rings (SSSR count). The SMILES string of the molecule is Cl.Nc1ccc(CCN2CCCC2)cc1. The summed E-state index contributed by atoms with van der Waals surface area (Å²) in [6.45, 7) is 3.77. The number of benzene rings is 1. The molecule has 0 unspecified atom stereocenters. The molecule has 0 bridgehead atoms. The van der Waals surface area contributed by atoms with Crippen molar-refractivity contribution in [3.8, 4) is 0 Å². The van der Waals surface area contributed by atoms with Gasteiger partial charge in [0.15, 0.2) is 0 Å². The van der Waals surface area contributed by atoms with Crippen molar-refractivity contribution in [2.24, 2.45) is 0 Å². The monoisotopic (exact) mass is 226 g/mol.